The van der Waals surface area contributed by atoms with Crippen molar-refractivity contribution in [3.05, 3.63) is 12.2 Å². The minimum atomic E-state index is -3.30. The zero-order valence-corrected chi connectivity index (χ0v) is 9.50. The van der Waals surface area contributed by atoms with Crippen molar-refractivity contribution in [2.24, 2.45) is 0 Å². The normalized spacial score (nSPS) is 14.0. The van der Waals surface area contributed by atoms with E-state index in [-0.39, 0.29) is 6.54 Å². The van der Waals surface area contributed by atoms with Gasteiger partial charge in [-0.05, 0) is 14.0 Å². The van der Waals surface area contributed by atoms with Gasteiger partial charge in [0, 0.05) is 6.54 Å². The predicted molar refractivity (Wildman–Crippen MR) is 55.5 cm³/mol. The lowest BCUT2D eigenvalue weighted by Crippen LogP contribution is -2.37. The number of nitrogens with one attached hydrogen (secondary N) is 3. The lowest BCUT2D eigenvalue weighted by molar-refractivity contribution is 0.561. The number of H-pyrrole nitrogens is 1. The van der Waals surface area contributed by atoms with Gasteiger partial charge in [0.2, 0.25) is 10.0 Å². The fourth-order valence-corrected chi connectivity index (χ4v) is 2.03. The Morgan fingerprint density at radius 3 is 2.87 bits per heavy atom. The summed E-state index contributed by atoms with van der Waals surface area (Å²) in [5.41, 5.74) is 0. The standard InChI is InChI=1S/C7H15N5O2S/c1-6(3-8-2)15(13,14)11-4-7-9-5-10-12-7/h5-6,8,11H,3-4H2,1-2H3,(H,9,10,12). The summed E-state index contributed by atoms with van der Waals surface area (Å²) in [7, 11) is -1.59. The first-order valence-electron chi connectivity index (χ1n) is 4.53. The Balaban J connectivity index is 2.50. The lowest BCUT2D eigenvalue weighted by atomic mass is 10.5. The zero-order valence-electron chi connectivity index (χ0n) is 8.69. The second kappa shape index (κ2) is 5.19. The highest BCUT2D eigenvalue weighted by Crippen LogP contribution is 1.97. The molecule has 1 atom stereocenters. The van der Waals surface area contributed by atoms with Crippen LogP contribution >= 0.6 is 0 Å². The van der Waals surface area contributed by atoms with E-state index < -0.39 is 15.3 Å². The minimum absolute atomic E-state index is 0.135. The Morgan fingerprint density at radius 1 is 1.60 bits per heavy atom. The number of hydrogen-bond acceptors (Lipinski definition) is 5. The van der Waals surface area contributed by atoms with Crippen molar-refractivity contribution in [1.29, 1.82) is 0 Å². The van der Waals surface area contributed by atoms with Crippen molar-refractivity contribution in [3.8, 4) is 0 Å². The summed E-state index contributed by atoms with van der Waals surface area (Å²) in [5.74, 6) is 0.496. The molecule has 0 aliphatic heterocycles. The third-order valence-electron chi connectivity index (χ3n) is 1.93. The van der Waals surface area contributed by atoms with Crippen LogP contribution < -0.4 is 10.0 Å². The molecule has 0 aliphatic rings. The molecule has 0 radical (unpaired) electrons. The molecule has 1 aromatic rings. The van der Waals surface area contributed by atoms with E-state index in [2.05, 4.69) is 25.2 Å². The maximum absolute atomic E-state index is 11.6. The van der Waals surface area contributed by atoms with Gasteiger partial charge in [-0.15, -0.1) is 0 Å². The Hall–Kier alpha value is -0.990. The van der Waals surface area contributed by atoms with Crippen LogP contribution in [0.15, 0.2) is 6.33 Å². The van der Waals surface area contributed by atoms with E-state index in [0.717, 1.165) is 0 Å². The molecular weight excluding hydrogens is 218 g/mol. The van der Waals surface area contributed by atoms with Crippen molar-refractivity contribution in [1.82, 2.24) is 25.2 Å². The van der Waals surface area contributed by atoms with Crippen molar-refractivity contribution in [2.45, 2.75) is 18.7 Å². The third kappa shape index (κ3) is 3.57. The number of rotatable bonds is 6. The molecule has 1 heterocycles. The van der Waals surface area contributed by atoms with E-state index >= 15 is 0 Å². The summed E-state index contributed by atoms with van der Waals surface area (Å²) >= 11 is 0. The van der Waals surface area contributed by atoms with Crippen LogP contribution in [0.25, 0.3) is 0 Å². The van der Waals surface area contributed by atoms with Crippen molar-refractivity contribution in [3.63, 3.8) is 0 Å². The summed E-state index contributed by atoms with van der Waals surface area (Å²) < 4.78 is 25.6. The van der Waals surface area contributed by atoms with Gasteiger partial charge >= 0.3 is 0 Å². The van der Waals surface area contributed by atoms with Crippen LogP contribution in [0.2, 0.25) is 0 Å². The van der Waals surface area contributed by atoms with Crippen LogP contribution in [0.1, 0.15) is 12.7 Å². The highest BCUT2D eigenvalue weighted by molar-refractivity contribution is 7.90. The smallest absolute Gasteiger partial charge is 0.215 e. The molecule has 1 aromatic heterocycles. The molecule has 3 N–H and O–H groups in total. The van der Waals surface area contributed by atoms with Crippen LogP contribution in [-0.4, -0.2) is 42.4 Å². The van der Waals surface area contributed by atoms with Gasteiger partial charge in [-0.1, -0.05) is 0 Å². The molecule has 0 bridgehead atoms. The first-order chi connectivity index (χ1) is 7.06. The number of aromatic nitrogens is 3. The number of aromatic amines is 1. The first kappa shape index (κ1) is 12.1. The third-order valence-corrected chi connectivity index (χ3v) is 3.70. The van der Waals surface area contributed by atoms with E-state index in [0.29, 0.717) is 12.4 Å². The molecule has 0 aliphatic carbocycles. The molecule has 1 rings (SSSR count). The maximum atomic E-state index is 11.6. The van der Waals surface area contributed by atoms with Crippen LogP contribution in [0.4, 0.5) is 0 Å². The Labute approximate surface area is 88.7 Å². The average Bonchev–Trinajstić information content (AvgIpc) is 2.68. The number of sulfonamides is 1. The molecule has 0 saturated carbocycles. The largest absolute Gasteiger partial charge is 0.318 e. The van der Waals surface area contributed by atoms with Crippen LogP contribution in [0, 0.1) is 0 Å². The predicted octanol–water partition coefficient (Wildman–Crippen LogP) is -1.17. The van der Waals surface area contributed by atoms with Crippen LogP contribution in [0.5, 0.6) is 0 Å². The number of hydrogen-bond donors (Lipinski definition) is 3. The second-order valence-electron chi connectivity index (χ2n) is 3.17. The maximum Gasteiger partial charge on any atom is 0.215 e. The summed E-state index contributed by atoms with van der Waals surface area (Å²) in [5, 5.41) is 8.53. The number of nitrogens with zero attached hydrogens (tertiary/aromatic N) is 2. The first-order valence-corrected chi connectivity index (χ1v) is 6.08. The Kier molecular flexibility index (Phi) is 4.18. The van der Waals surface area contributed by atoms with Gasteiger partial charge in [0.05, 0.1) is 11.8 Å². The molecule has 86 valence electrons. The molecule has 8 heteroatoms. The van der Waals surface area contributed by atoms with Gasteiger partial charge in [-0.25, -0.2) is 18.1 Å². The van der Waals surface area contributed by atoms with Gasteiger partial charge < -0.3 is 5.32 Å². The van der Waals surface area contributed by atoms with Crippen molar-refractivity contribution in [2.75, 3.05) is 13.6 Å². The molecule has 0 saturated heterocycles. The molecular formula is C7H15N5O2S. The van der Waals surface area contributed by atoms with Crippen LogP contribution in [0.3, 0.4) is 0 Å². The Morgan fingerprint density at radius 2 is 2.33 bits per heavy atom. The van der Waals surface area contributed by atoms with Gasteiger partial charge in [0.25, 0.3) is 0 Å². The highest BCUT2D eigenvalue weighted by atomic mass is 32.2. The molecule has 7 nitrogen and oxygen atoms in total. The van der Waals surface area contributed by atoms with E-state index in [4.69, 9.17) is 0 Å². The zero-order chi connectivity index (χ0) is 11.3. The summed E-state index contributed by atoms with van der Waals surface area (Å²) in [6.45, 7) is 2.18. The van der Waals surface area contributed by atoms with Crippen molar-refractivity contribution >= 4 is 10.0 Å². The van der Waals surface area contributed by atoms with E-state index in [1.807, 2.05) is 0 Å². The second-order valence-corrected chi connectivity index (χ2v) is 5.35. The van der Waals surface area contributed by atoms with Crippen molar-refractivity contribution < 1.29 is 8.42 Å². The molecule has 0 spiro atoms. The molecule has 0 fully saturated rings. The van der Waals surface area contributed by atoms with Gasteiger partial charge in [-0.3, -0.25) is 5.10 Å². The fourth-order valence-electron chi connectivity index (χ4n) is 1.02. The topological polar surface area (TPSA) is 99.8 Å². The summed E-state index contributed by atoms with van der Waals surface area (Å²) in [6.07, 6.45) is 1.33. The van der Waals surface area contributed by atoms with E-state index in [9.17, 15) is 8.42 Å². The quantitative estimate of drug-likeness (QED) is 0.575. The minimum Gasteiger partial charge on any atom is -0.318 e. The van der Waals surface area contributed by atoms with E-state index in [1.165, 1.54) is 6.33 Å². The lowest BCUT2D eigenvalue weighted by Gasteiger charge is -2.12. The molecule has 0 aromatic carbocycles. The summed E-state index contributed by atoms with van der Waals surface area (Å²) in [6, 6.07) is 0. The Bertz CT molecular complexity index is 374. The van der Waals surface area contributed by atoms with Gasteiger partial charge in [-0.2, -0.15) is 5.10 Å². The van der Waals surface area contributed by atoms with Crippen LogP contribution in [-0.2, 0) is 16.6 Å². The highest BCUT2D eigenvalue weighted by Gasteiger charge is 2.19. The van der Waals surface area contributed by atoms with Gasteiger partial charge in [0.15, 0.2) is 0 Å². The van der Waals surface area contributed by atoms with Gasteiger partial charge in [0.1, 0.15) is 12.2 Å². The molecule has 1 unspecified atom stereocenters. The average molecular weight is 233 g/mol. The molecule has 0 amide bonds. The SMILES string of the molecule is CNCC(C)S(=O)(=O)NCc1ncn[nH]1. The molecule has 15 heavy (non-hydrogen) atoms. The summed E-state index contributed by atoms with van der Waals surface area (Å²) in [4.78, 5) is 3.82. The fraction of sp³-hybridized carbons (Fsp3) is 0.714. The van der Waals surface area contributed by atoms with E-state index in [1.54, 1.807) is 14.0 Å². The monoisotopic (exact) mass is 233 g/mol.